The Morgan fingerprint density at radius 3 is 2.57 bits per heavy atom. The van der Waals surface area contributed by atoms with Crippen molar-refractivity contribution in [1.29, 1.82) is 0 Å². The highest BCUT2D eigenvalue weighted by Crippen LogP contribution is 2.28. The van der Waals surface area contributed by atoms with Gasteiger partial charge in [0.2, 0.25) is 17.6 Å². The first-order valence-electron chi connectivity index (χ1n) is 9.86. The second-order valence-electron chi connectivity index (χ2n) is 7.52. The summed E-state index contributed by atoms with van der Waals surface area (Å²) < 4.78 is 31.9. The number of carbonyl (C=O) groups is 1. The number of hydrogen-bond acceptors (Lipinski definition) is 5. The lowest BCUT2D eigenvalue weighted by molar-refractivity contribution is -0.117. The minimum atomic E-state index is -0.378. The van der Waals surface area contributed by atoms with Gasteiger partial charge in [0.25, 0.3) is 0 Å². The Morgan fingerprint density at radius 1 is 1.13 bits per heavy atom. The average Bonchev–Trinajstić information content (AvgIpc) is 3.22. The topological polar surface area (TPSA) is 71.3 Å². The number of amides is 1. The smallest absolute Gasteiger partial charge is 0.238 e. The fourth-order valence-corrected chi connectivity index (χ4v) is 3.58. The van der Waals surface area contributed by atoms with Crippen LogP contribution in [0.4, 0.5) is 14.5 Å². The van der Waals surface area contributed by atoms with E-state index in [9.17, 15) is 13.6 Å². The van der Waals surface area contributed by atoms with Crippen LogP contribution in [0.5, 0.6) is 0 Å². The number of carbonyl (C=O) groups excluding carboxylic acids is 1. The molecule has 1 aromatic heterocycles. The molecule has 156 valence electrons. The second-order valence-corrected chi connectivity index (χ2v) is 7.52. The molecule has 1 N–H and O–H groups in total. The molecule has 0 bridgehead atoms. The molecule has 0 saturated carbocycles. The van der Waals surface area contributed by atoms with Crippen molar-refractivity contribution < 1.29 is 18.1 Å². The fraction of sp³-hybridized carbons (Fsp3) is 0.318. The summed E-state index contributed by atoms with van der Waals surface area (Å²) in [6.07, 6.45) is 1.58. The molecule has 4 rings (SSSR count). The number of hydrogen-bond donors (Lipinski definition) is 1. The molecule has 6 nitrogen and oxygen atoms in total. The summed E-state index contributed by atoms with van der Waals surface area (Å²) in [6.45, 7) is 3.50. The van der Waals surface area contributed by atoms with Crippen LogP contribution in [0.25, 0.3) is 11.4 Å². The number of halogens is 2. The van der Waals surface area contributed by atoms with E-state index in [1.807, 2.05) is 6.92 Å². The molecule has 0 atom stereocenters. The molecule has 2 heterocycles. The molecule has 0 radical (unpaired) electrons. The van der Waals surface area contributed by atoms with Crippen LogP contribution in [0.15, 0.2) is 47.0 Å². The largest absolute Gasteiger partial charge is 0.339 e. The quantitative estimate of drug-likeness (QED) is 0.682. The van der Waals surface area contributed by atoms with Gasteiger partial charge in [-0.3, -0.25) is 9.69 Å². The van der Waals surface area contributed by atoms with Crippen molar-refractivity contribution in [2.24, 2.45) is 0 Å². The summed E-state index contributed by atoms with van der Waals surface area (Å²) in [4.78, 5) is 18.9. The van der Waals surface area contributed by atoms with Gasteiger partial charge in [0.1, 0.15) is 11.6 Å². The maximum Gasteiger partial charge on any atom is 0.238 e. The van der Waals surface area contributed by atoms with E-state index in [1.165, 1.54) is 24.3 Å². The number of aryl methyl sites for hydroxylation is 1. The molecule has 1 aliphatic rings. The van der Waals surface area contributed by atoms with Crippen LogP contribution in [-0.4, -0.2) is 40.6 Å². The first-order chi connectivity index (χ1) is 14.5. The number of rotatable bonds is 5. The van der Waals surface area contributed by atoms with Gasteiger partial charge >= 0.3 is 0 Å². The van der Waals surface area contributed by atoms with E-state index in [-0.39, 0.29) is 30.0 Å². The zero-order valence-corrected chi connectivity index (χ0v) is 16.6. The summed E-state index contributed by atoms with van der Waals surface area (Å²) >= 11 is 0. The predicted molar refractivity (Wildman–Crippen MR) is 108 cm³/mol. The molecular weight excluding hydrogens is 390 g/mol. The van der Waals surface area contributed by atoms with E-state index >= 15 is 0 Å². The van der Waals surface area contributed by atoms with Gasteiger partial charge < -0.3 is 9.84 Å². The molecule has 3 aromatic rings. The molecule has 2 aromatic carbocycles. The highest BCUT2D eigenvalue weighted by molar-refractivity contribution is 5.92. The van der Waals surface area contributed by atoms with Crippen LogP contribution < -0.4 is 5.32 Å². The van der Waals surface area contributed by atoms with Crippen LogP contribution in [-0.2, 0) is 4.79 Å². The molecular formula is C22H22F2N4O2. The van der Waals surface area contributed by atoms with Crippen molar-refractivity contribution >= 4 is 11.6 Å². The van der Waals surface area contributed by atoms with Gasteiger partial charge in [-0.15, -0.1) is 0 Å². The lowest BCUT2D eigenvalue weighted by Gasteiger charge is -2.29. The summed E-state index contributed by atoms with van der Waals surface area (Å²) in [7, 11) is 0. The molecule has 0 aliphatic carbocycles. The third-order valence-corrected chi connectivity index (χ3v) is 5.32. The minimum Gasteiger partial charge on any atom is -0.339 e. The predicted octanol–water partition coefficient (Wildman–Crippen LogP) is 4.14. The molecule has 0 unspecified atom stereocenters. The number of anilines is 1. The summed E-state index contributed by atoms with van der Waals surface area (Å²) in [5.41, 5.74) is 2.01. The van der Waals surface area contributed by atoms with Gasteiger partial charge in [0, 0.05) is 17.2 Å². The number of benzene rings is 2. The van der Waals surface area contributed by atoms with Crippen molar-refractivity contribution in [2.75, 3.05) is 25.0 Å². The van der Waals surface area contributed by atoms with Crippen LogP contribution in [0.3, 0.4) is 0 Å². The maximum atomic E-state index is 13.4. The van der Waals surface area contributed by atoms with Crippen molar-refractivity contribution in [1.82, 2.24) is 15.0 Å². The Balaban J connectivity index is 1.30. The molecule has 1 saturated heterocycles. The van der Waals surface area contributed by atoms with Crippen LogP contribution >= 0.6 is 0 Å². The molecule has 8 heteroatoms. The monoisotopic (exact) mass is 412 g/mol. The number of piperidine rings is 1. The van der Waals surface area contributed by atoms with E-state index in [1.54, 1.807) is 18.2 Å². The summed E-state index contributed by atoms with van der Waals surface area (Å²) in [5, 5.41) is 6.78. The highest BCUT2D eigenvalue weighted by Gasteiger charge is 2.26. The Morgan fingerprint density at radius 2 is 1.83 bits per heavy atom. The van der Waals surface area contributed by atoms with Gasteiger partial charge in [-0.05, 0) is 74.8 Å². The zero-order chi connectivity index (χ0) is 21.1. The van der Waals surface area contributed by atoms with Crippen molar-refractivity contribution in [3.63, 3.8) is 0 Å². The normalized spacial score (nSPS) is 15.3. The van der Waals surface area contributed by atoms with E-state index in [0.29, 0.717) is 36.1 Å². The molecule has 1 amide bonds. The third-order valence-electron chi connectivity index (χ3n) is 5.32. The average molecular weight is 412 g/mol. The lowest BCUT2D eigenvalue weighted by Crippen LogP contribution is -2.38. The summed E-state index contributed by atoms with van der Waals surface area (Å²) in [6, 6.07) is 10.3. The van der Waals surface area contributed by atoms with Gasteiger partial charge in [-0.1, -0.05) is 11.2 Å². The molecule has 1 aliphatic heterocycles. The van der Waals surface area contributed by atoms with Crippen molar-refractivity contribution in [2.45, 2.75) is 25.7 Å². The zero-order valence-electron chi connectivity index (χ0n) is 16.6. The SMILES string of the molecule is Cc1ccc(F)cc1NC(=O)CN1CCC(c2nc(-c3ccc(F)cc3)no2)CC1. The Bertz CT molecular complexity index is 1030. The third kappa shape index (κ3) is 4.71. The number of likely N-dealkylation sites (tertiary alicyclic amines) is 1. The highest BCUT2D eigenvalue weighted by atomic mass is 19.1. The van der Waals surface area contributed by atoms with Gasteiger partial charge in [-0.2, -0.15) is 4.98 Å². The van der Waals surface area contributed by atoms with Crippen molar-refractivity contribution in [3.8, 4) is 11.4 Å². The molecule has 30 heavy (non-hydrogen) atoms. The molecule has 1 fully saturated rings. The first kappa shape index (κ1) is 20.2. The van der Waals surface area contributed by atoms with Gasteiger partial charge in [-0.25, -0.2) is 8.78 Å². The van der Waals surface area contributed by atoms with Gasteiger partial charge in [0.15, 0.2) is 0 Å². The summed E-state index contributed by atoms with van der Waals surface area (Å²) in [5.74, 6) is 0.267. The Labute approximate surface area is 172 Å². The first-order valence-corrected chi connectivity index (χ1v) is 9.86. The minimum absolute atomic E-state index is 0.122. The Hall–Kier alpha value is -3.13. The van der Waals surface area contributed by atoms with E-state index in [2.05, 4.69) is 20.4 Å². The standard InChI is InChI=1S/C22H22F2N4O2/c1-14-2-5-18(24)12-19(14)25-20(29)13-28-10-8-16(9-11-28)22-26-21(27-30-22)15-3-6-17(23)7-4-15/h2-7,12,16H,8-11,13H2,1H3,(H,25,29). The number of nitrogens with one attached hydrogen (secondary N) is 1. The molecule has 0 spiro atoms. The number of aromatic nitrogens is 2. The second kappa shape index (κ2) is 8.71. The lowest BCUT2D eigenvalue weighted by atomic mass is 9.97. The Kier molecular flexibility index (Phi) is 5.85. The maximum absolute atomic E-state index is 13.4. The van der Waals surface area contributed by atoms with Gasteiger partial charge in [0.05, 0.1) is 6.54 Å². The van der Waals surface area contributed by atoms with E-state index < -0.39 is 0 Å². The van der Waals surface area contributed by atoms with Crippen LogP contribution in [0, 0.1) is 18.6 Å². The van der Waals surface area contributed by atoms with Crippen molar-refractivity contribution in [3.05, 3.63) is 65.6 Å². The number of nitrogens with zero attached hydrogens (tertiary/aromatic N) is 3. The van der Waals surface area contributed by atoms with E-state index in [0.717, 1.165) is 18.4 Å². The van der Waals surface area contributed by atoms with Crippen LogP contribution in [0.2, 0.25) is 0 Å². The fourth-order valence-electron chi connectivity index (χ4n) is 3.58. The van der Waals surface area contributed by atoms with Crippen LogP contribution in [0.1, 0.15) is 30.2 Å². The van der Waals surface area contributed by atoms with E-state index in [4.69, 9.17) is 4.52 Å².